The predicted molar refractivity (Wildman–Crippen MR) is 90.7 cm³/mol. The Morgan fingerprint density at radius 1 is 1.25 bits per heavy atom. The smallest absolute Gasteiger partial charge is 0.309 e. The van der Waals surface area contributed by atoms with Gasteiger partial charge in [-0.2, -0.15) is 0 Å². The first-order valence-electron chi connectivity index (χ1n) is 7.98. The van der Waals surface area contributed by atoms with E-state index in [1.807, 2.05) is 24.3 Å². The molecular formula is C18H27NO5. The zero-order valence-electron chi connectivity index (χ0n) is 14.7. The fraction of sp³-hybridized carbons (Fsp3) is 0.556. The van der Waals surface area contributed by atoms with Crippen molar-refractivity contribution >= 4 is 11.9 Å². The zero-order valence-corrected chi connectivity index (χ0v) is 14.7. The molecule has 0 aliphatic carbocycles. The molecule has 2 atom stereocenters. The maximum absolute atomic E-state index is 12.0. The quantitative estimate of drug-likeness (QED) is 0.693. The second-order valence-corrected chi connectivity index (χ2v) is 6.68. The molecule has 0 aromatic rings. The monoisotopic (exact) mass is 337 g/mol. The van der Waals surface area contributed by atoms with Gasteiger partial charge in [0, 0.05) is 18.3 Å². The minimum Gasteiger partial charge on any atom is -0.469 e. The summed E-state index contributed by atoms with van der Waals surface area (Å²) in [6.07, 6.45) is 8.75. The highest BCUT2D eigenvalue weighted by molar-refractivity contribution is 5.80. The van der Waals surface area contributed by atoms with E-state index in [4.69, 9.17) is 9.47 Å². The van der Waals surface area contributed by atoms with Crippen LogP contribution in [0.4, 0.5) is 0 Å². The number of allylic oxidation sites excluding steroid dienone is 4. The second-order valence-electron chi connectivity index (χ2n) is 6.68. The highest BCUT2D eigenvalue weighted by Crippen LogP contribution is 2.20. The number of esters is 2. The molecular weight excluding hydrogens is 310 g/mol. The lowest BCUT2D eigenvalue weighted by Crippen LogP contribution is -2.30. The molecule has 24 heavy (non-hydrogen) atoms. The van der Waals surface area contributed by atoms with Gasteiger partial charge in [0.05, 0.1) is 25.6 Å². The van der Waals surface area contributed by atoms with Gasteiger partial charge in [0.1, 0.15) is 5.60 Å². The summed E-state index contributed by atoms with van der Waals surface area (Å²) in [7, 11) is 1.27. The topological polar surface area (TPSA) is 84.9 Å². The van der Waals surface area contributed by atoms with Crippen molar-refractivity contribution < 1.29 is 24.2 Å². The van der Waals surface area contributed by atoms with Crippen LogP contribution >= 0.6 is 0 Å². The van der Waals surface area contributed by atoms with Crippen LogP contribution in [0.15, 0.2) is 36.2 Å². The van der Waals surface area contributed by atoms with Gasteiger partial charge in [-0.3, -0.25) is 9.59 Å². The molecule has 0 amide bonds. The SMILES string of the molecule is COC(=O)[C@H](CC(=O)OC(C)(C)C)CC(O)CC1=CC=CC=CN1. The fourth-order valence-electron chi connectivity index (χ4n) is 2.30. The summed E-state index contributed by atoms with van der Waals surface area (Å²) in [4.78, 5) is 23.9. The van der Waals surface area contributed by atoms with Gasteiger partial charge in [0.2, 0.25) is 0 Å². The first-order valence-corrected chi connectivity index (χ1v) is 7.98. The van der Waals surface area contributed by atoms with E-state index in [0.717, 1.165) is 5.70 Å². The van der Waals surface area contributed by atoms with Crippen molar-refractivity contribution in [2.24, 2.45) is 5.92 Å². The number of hydrogen-bond acceptors (Lipinski definition) is 6. The van der Waals surface area contributed by atoms with Gasteiger partial charge in [-0.25, -0.2) is 0 Å². The summed E-state index contributed by atoms with van der Waals surface area (Å²) in [5.41, 5.74) is 0.206. The molecule has 0 radical (unpaired) electrons. The van der Waals surface area contributed by atoms with Crippen LogP contribution < -0.4 is 5.32 Å². The lowest BCUT2D eigenvalue weighted by Gasteiger charge is -2.22. The molecule has 0 saturated carbocycles. The number of hydrogen-bond donors (Lipinski definition) is 2. The van der Waals surface area contributed by atoms with Crippen LogP contribution in [-0.2, 0) is 19.1 Å². The van der Waals surface area contributed by atoms with Gasteiger partial charge in [-0.15, -0.1) is 0 Å². The van der Waals surface area contributed by atoms with E-state index < -0.39 is 29.6 Å². The summed E-state index contributed by atoms with van der Waals surface area (Å²) in [6.45, 7) is 5.29. The van der Waals surface area contributed by atoms with E-state index in [1.165, 1.54) is 7.11 Å². The van der Waals surface area contributed by atoms with Gasteiger partial charge >= 0.3 is 11.9 Å². The minimum atomic E-state index is -0.782. The predicted octanol–water partition coefficient (Wildman–Crippen LogP) is 2.21. The Morgan fingerprint density at radius 2 is 1.96 bits per heavy atom. The normalized spacial score (nSPS) is 16.5. The highest BCUT2D eigenvalue weighted by atomic mass is 16.6. The standard InChI is InChI=1S/C18H27NO5/c1-18(2,3)24-16(21)11-13(17(22)23-4)10-15(20)12-14-8-6-5-7-9-19-14/h5-9,13,15,19-20H,10-12H2,1-4H3/t13-,15?/m0/s1. The van der Waals surface area contributed by atoms with Crippen molar-refractivity contribution in [1.29, 1.82) is 0 Å². The molecule has 1 aliphatic heterocycles. The molecule has 0 fully saturated rings. The zero-order chi connectivity index (χ0) is 18.2. The summed E-state index contributed by atoms with van der Waals surface area (Å²) in [5.74, 6) is -1.75. The van der Waals surface area contributed by atoms with Crippen LogP contribution in [0.5, 0.6) is 0 Å². The van der Waals surface area contributed by atoms with E-state index in [9.17, 15) is 14.7 Å². The molecule has 0 spiro atoms. The Morgan fingerprint density at radius 3 is 2.58 bits per heavy atom. The molecule has 2 N–H and O–H groups in total. The summed E-state index contributed by atoms with van der Waals surface area (Å²) in [6, 6.07) is 0. The van der Waals surface area contributed by atoms with Crippen LogP contribution in [0.2, 0.25) is 0 Å². The molecule has 134 valence electrons. The molecule has 6 heteroatoms. The molecule has 1 unspecified atom stereocenters. The van der Waals surface area contributed by atoms with Crippen molar-refractivity contribution in [2.45, 2.75) is 51.7 Å². The van der Waals surface area contributed by atoms with E-state index in [1.54, 1.807) is 27.0 Å². The van der Waals surface area contributed by atoms with Crippen molar-refractivity contribution in [2.75, 3.05) is 7.11 Å². The number of methoxy groups -OCH3 is 1. The van der Waals surface area contributed by atoms with E-state index in [0.29, 0.717) is 6.42 Å². The third-order valence-electron chi connectivity index (χ3n) is 3.26. The van der Waals surface area contributed by atoms with Crippen LogP contribution in [0.25, 0.3) is 0 Å². The average Bonchev–Trinajstić information content (AvgIpc) is 2.72. The molecule has 1 aliphatic rings. The van der Waals surface area contributed by atoms with Gasteiger partial charge < -0.3 is 19.9 Å². The number of ether oxygens (including phenoxy) is 2. The molecule has 0 bridgehead atoms. The number of aliphatic hydroxyl groups excluding tert-OH is 1. The number of aliphatic hydroxyl groups is 1. The third-order valence-corrected chi connectivity index (χ3v) is 3.26. The Kier molecular flexibility index (Phi) is 7.71. The van der Waals surface area contributed by atoms with Gasteiger partial charge in [-0.1, -0.05) is 12.2 Å². The number of rotatable bonds is 7. The molecule has 0 saturated heterocycles. The molecule has 0 aromatic carbocycles. The van der Waals surface area contributed by atoms with Crippen LogP contribution in [0, 0.1) is 5.92 Å². The second kappa shape index (κ2) is 9.27. The lowest BCUT2D eigenvalue weighted by atomic mass is 9.95. The first kappa shape index (κ1) is 20.0. The summed E-state index contributed by atoms with van der Waals surface area (Å²) >= 11 is 0. The van der Waals surface area contributed by atoms with Crippen LogP contribution in [-0.4, -0.2) is 35.9 Å². The Bertz CT molecular complexity index is 528. The molecule has 1 heterocycles. The van der Waals surface area contributed by atoms with Crippen LogP contribution in [0.3, 0.4) is 0 Å². The van der Waals surface area contributed by atoms with Crippen molar-refractivity contribution in [3.05, 3.63) is 36.2 Å². The van der Waals surface area contributed by atoms with Crippen molar-refractivity contribution in [3.63, 3.8) is 0 Å². The number of nitrogens with one attached hydrogen (secondary N) is 1. The first-order chi connectivity index (χ1) is 11.2. The number of carbonyl (C=O) groups is 2. The highest BCUT2D eigenvalue weighted by Gasteiger charge is 2.28. The molecule has 6 nitrogen and oxygen atoms in total. The van der Waals surface area contributed by atoms with Crippen LogP contribution in [0.1, 0.15) is 40.0 Å². The van der Waals surface area contributed by atoms with Gasteiger partial charge in [0.15, 0.2) is 0 Å². The summed E-state index contributed by atoms with van der Waals surface area (Å²) < 4.78 is 9.98. The maximum Gasteiger partial charge on any atom is 0.309 e. The minimum absolute atomic E-state index is 0.118. The van der Waals surface area contributed by atoms with Gasteiger partial charge in [-0.05, 0) is 39.3 Å². The lowest BCUT2D eigenvalue weighted by molar-refractivity contribution is -0.161. The average molecular weight is 337 g/mol. The van der Waals surface area contributed by atoms with E-state index in [-0.39, 0.29) is 12.8 Å². The van der Waals surface area contributed by atoms with E-state index >= 15 is 0 Å². The van der Waals surface area contributed by atoms with E-state index in [2.05, 4.69) is 5.32 Å². The van der Waals surface area contributed by atoms with Crippen molar-refractivity contribution in [1.82, 2.24) is 5.32 Å². The fourth-order valence-corrected chi connectivity index (χ4v) is 2.30. The Hall–Kier alpha value is -2.08. The Labute approximate surface area is 143 Å². The third kappa shape index (κ3) is 7.97. The van der Waals surface area contributed by atoms with Gasteiger partial charge in [0.25, 0.3) is 0 Å². The molecule has 1 rings (SSSR count). The Balaban J connectivity index is 2.63. The van der Waals surface area contributed by atoms with Crippen molar-refractivity contribution in [3.8, 4) is 0 Å². The molecule has 0 aromatic heterocycles. The largest absolute Gasteiger partial charge is 0.469 e. The maximum atomic E-state index is 12.0. The number of carbonyl (C=O) groups excluding carboxylic acids is 2. The summed E-state index contributed by atoms with van der Waals surface area (Å²) in [5, 5.41) is 13.3.